The molecule has 1 aliphatic rings. The van der Waals surface area contributed by atoms with Crippen LogP contribution in [0, 0.1) is 0 Å². The second kappa shape index (κ2) is 8.51. The minimum absolute atomic E-state index is 0.0309. The summed E-state index contributed by atoms with van der Waals surface area (Å²) in [6.45, 7) is 0.0309. The van der Waals surface area contributed by atoms with Crippen molar-refractivity contribution in [1.82, 2.24) is 0 Å². The number of ether oxygens (including phenoxy) is 1. The van der Waals surface area contributed by atoms with E-state index in [1.54, 1.807) is 54.6 Å². The number of ketones is 1. The number of esters is 1. The fourth-order valence-electron chi connectivity index (χ4n) is 3.22. The van der Waals surface area contributed by atoms with Gasteiger partial charge in [0.1, 0.15) is 6.61 Å². The lowest BCUT2D eigenvalue weighted by molar-refractivity contribution is -0.164. The number of rotatable bonds is 6. The Morgan fingerprint density at radius 3 is 2.23 bits per heavy atom. The van der Waals surface area contributed by atoms with E-state index in [4.69, 9.17) is 21.2 Å². The van der Waals surface area contributed by atoms with Crippen LogP contribution in [-0.2, 0) is 21.0 Å². The van der Waals surface area contributed by atoms with Crippen LogP contribution in [0.5, 0.6) is 0 Å². The fourth-order valence-corrected chi connectivity index (χ4v) is 3.34. The Labute approximate surface area is 178 Å². The molecule has 0 fully saturated rings. The molecule has 0 aliphatic carbocycles. The van der Waals surface area contributed by atoms with E-state index in [1.165, 1.54) is 0 Å². The molecule has 6 heteroatoms. The number of Topliss-reactive ketones (excluding diaryl/α,β-unsaturated/α-hetero) is 1. The fraction of sp³-hybridized carbons (Fsp3) is 0.125. The van der Waals surface area contributed by atoms with Crippen LogP contribution in [0.15, 0.2) is 90.1 Å². The Balaban J connectivity index is 1.61. The Hall–Kier alpha value is -3.44. The van der Waals surface area contributed by atoms with Crippen LogP contribution >= 0.6 is 11.6 Å². The Bertz CT molecular complexity index is 1080. The minimum atomic E-state index is -1.87. The molecule has 0 N–H and O–H groups in total. The van der Waals surface area contributed by atoms with E-state index >= 15 is 0 Å². The lowest BCUT2D eigenvalue weighted by Crippen LogP contribution is -2.48. The zero-order valence-electron chi connectivity index (χ0n) is 16.0. The highest BCUT2D eigenvalue weighted by atomic mass is 35.5. The van der Waals surface area contributed by atoms with Crippen molar-refractivity contribution < 1.29 is 19.2 Å². The SMILES string of the molecule is O=C(OCc1ccccc1)C1(C(=O)c2ccccc2)CC(c2ccc(Cl)cc2)=NO1. The average Bonchev–Trinajstić information content (AvgIpc) is 3.25. The van der Waals surface area contributed by atoms with Crippen molar-refractivity contribution in [2.45, 2.75) is 18.6 Å². The highest BCUT2D eigenvalue weighted by Crippen LogP contribution is 2.32. The van der Waals surface area contributed by atoms with Gasteiger partial charge in [-0.15, -0.1) is 0 Å². The molecule has 4 rings (SSSR count). The first-order valence-corrected chi connectivity index (χ1v) is 9.78. The highest BCUT2D eigenvalue weighted by Gasteiger charge is 2.55. The van der Waals surface area contributed by atoms with Gasteiger partial charge in [0.2, 0.25) is 5.78 Å². The van der Waals surface area contributed by atoms with Crippen molar-refractivity contribution in [3.05, 3.63) is 107 Å². The lowest BCUT2D eigenvalue weighted by atomic mass is 9.86. The standard InChI is InChI=1S/C24H18ClNO4/c25-20-13-11-18(12-14-20)21-15-24(30-26-21,22(27)19-9-5-2-6-10-19)23(28)29-16-17-7-3-1-4-8-17/h1-14H,15-16H2. The maximum absolute atomic E-state index is 13.3. The van der Waals surface area contributed by atoms with Crippen molar-refractivity contribution in [2.75, 3.05) is 0 Å². The van der Waals surface area contributed by atoms with E-state index in [0.717, 1.165) is 11.1 Å². The van der Waals surface area contributed by atoms with Gasteiger partial charge in [-0.25, -0.2) is 4.79 Å². The predicted molar refractivity (Wildman–Crippen MR) is 113 cm³/mol. The summed E-state index contributed by atoms with van der Waals surface area (Å²) in [7, 11) is 0. The molecule has 1 unspecified atom stereocenters. The second-order valence-electron chi connectivity index (χ2n) is 6.90. The number of carbonyl (C=O) groups excluding carboxylic acids is 2. The first-order chi connectivity index (χ1) is 14.6. The molecule has 0 bridgehead atoms. The number of benzene rings is 3. The molecule has 0 saturated heterocycles. The number of halogens is 1. The number of hydrogen-bond donors (Lipinski definition) is 0. The molecule has 0 spiro atoms. The molecule has 0 radical (unpaired) electrons. The van der Waals surface area contributed by atoms with Gasteiger partial charge in [-0.1, -0.05) is 89.6 Å². The molecule has 0 aromatic heterocycles. The van der Waals surface area contributed by atoms with E-state index < -0.39 is 17.4 Å². The minimum Gasteiger partial charge on any atom is -0.457 e. The monoisotopic (exact) mass is 419 g/mol. The molecule has 3 aromatic rings. The van der Waals surface area contributed by atoms with Crippen LogP contribution in [0.3, 0.4) is 0 Å². The number of nitrogens with zero attached hydrogens (tertiary/aromatic N) is 1. The summed E-state index contributed by atoms with van der Waals surface area (Å²) < 4.78 is 5.48. The van der Waals surface area contributed by atoms with Crippen LogP contribution in [0.25, 0.3) is 0 Å². The Morgan fingerprint density at radius 2 is 1.57 bits per heavy atom. The van der Waals surface area contributed by atoms with Crippen LogP contribution in [0.4, 0.5) is 0 Å². The zero-order valence-corrected chi connectivity index (χ0v) is 16.7. The van der Waals surface area contributed by atoms with Crippen molar-refractivity contribution in [3.63, 3.8) is 0 Å². The second-order valence-corrected chi connectivity index (χ2v) is 7.33. The Kier molecular flexibility index (Phi) is 5.63. The van der Waals surface area contributed by atoms with Gasteiger partial charge in [-0.2, -0.15) is 0 Å². The maximum atomic E-state index is 13.3. The maximum Gasteiger partial charge on any atom is 0.362 e. The largest absolute Gasteiger partial charge is 0.457 e. The molecule has 150 valence electrons. The van der Waals surface area contributed by atoms with Gasteiger partial charge in [0.25, 0.3) is 0 Å². The van der Waals surface area contributed by atoms with Gasteiger partial charge >= 0.3 is 11.6 Å². The smallest absolute Gasteiger partial charge is 0.362 e. The molecule has 1 atom stereocenters. The van der Waals surface area contributed by atoms with Crippen molar-refractivity contribution in [1.29, 1.82) is 0 Å². The zero-order chi connectivity index (χ0) is 21.0. The van der Waals surface area contributed by atoms with Gasteiger partial charge in [0.05, 0.1) is 12.1 Å². The van der Waals surface area contributed by atoms with Crippen molar-refractivity contribution in [2.24, 2.45) is 5.16 Å². The van der Waals surface area contributed by atoms with Crippen LogP contribution in [-0.4, -0.2) is 23.1 Å². The summed E-state index contributed by atoms with van der Waals surface area (Å²) in [6.07, 6.45) is -0.0318. The van der Waals surface area contributed by atoms with E-state index in [-0.39, 0.29) is 13.0 Å². The Morgan fingerprint density at radius 1 is 0.933 bits per heavy atom. The molecule has 0 amide bonds. The first-order valence-electron chi connectivity index (χ1n) is 9.40. The summed E-state index contributed by atoms with van der Waals surface area (Å²) in [5.41, 5.74) is 0.489. The topological polar surface area (TPSA) is 65.0 Å². The molecule has 3 aromatic carbocycles. The van der Waals surface area contributed by atoms with Gasteiger partial charge < -0.3 is 9.57 Å². The molecular formula is C24H18ClNO4. The molecule has 30 heavy (non-hydrogen) atoms. The number of carbonyl (C=O) groups is 2. The van der Waals surface area contributed by atoms with Gasteiger partial charge in [-0.05, 0) is 23.3 Å². The number of hydrogen-bond acceptors (Lipinski definition) is 5. The van der Waals surface area contributed by atoms with E-state index in [9.17, 15) is 9.59 Å². The summed E-state index contributed by atoms with van der Waals surface area (Å²) in [4.78, 5) is 32.0. The lowest BCUT2D eigenvalue weighted by Gasteiger charge is -2.23. The highest BCUT2D eigenvalue weighted by molar-refractivity contribution is 6.30. The molecule has 1 aliphatic heterocycles. The third kappa shape index (κ3) is 3.98. The summed E-state index contributed by atoms with van der Waals surface area (Å²) in [5.74, 6) is -1.26. The van der Waals surface area contributed by atoms with Crippen molar-refractivity contribution in [3.8, 4) is 0 Å². The average molecular weight is 420 g/mol. The predicted octanol–water partition coefficient (Wildman–Crippen LogP) is 4.83. The summed E-state index contributed by atoms with van der Waals surface area (Å²) in [6, 6.07) is 24.7. The van der Waals surface area contributed by atoms with Crippen molar-refractivity contribution >= 4 is 29.1 Å². The van der Waals surface area contributed by atoms with E-state index in [2.05, 4.69) is 5.16 Å². The van der Waals surface area contributed by atoms with Crippen LogP contribution < -0.4 is 0 Å². The quantitative estimate of drug-likeness (QED) is 0.326. The normalized spacial score (nSPS) is 17.7. The third-order valence-electron chi connectivity index (χ3n) is 4.85. The summed E-state index contributed by atoms with van der Waals surface area (Å²) >= 11 is 5.96. The number of oxime groups is 1. The molecule has 1 heterocycles. The molecular weight excluding hydrogens is 402 g/mol. The molecule has 5 nitrogen and oxygen atoms in total. The first kappa shape index (κ1) is 19.9. The molecule has 0 saturated carbocycles. The van der Waals surface area contributed by atoms with Gasteiger partial charge in [0.15, 0.2) is 0 Å². The third-order valence-corrected chi connectivity index (χ3v) is 5.10. The van der Waals surface area contributed by atoms with E-state index in [0.29, 0.717) is 16.3 Å². The van der Waals surface area contributed by atoms with Crippen LogP contribution in [0.2, 0.25) is 5.02 Å². The van der Waals surface area contributed by atoms with Gasteiger partial charge in [-0.3, -0.25) is 4.79 Å². The van der Waals surface area contributed by atoms with E-state index in [1.807, 2.05) is 30.3 Å². The van der Waals surface area contributed by atoms with Gasteiger partial charge in [0, 0.05) is 10.6 Å². The summed E-state index contributed by atoms with van der Waals surface area (Å²) in [5, 5.41) is 4.64. The van der Waals surface area contributed by atoms with Crippen LogP contribution in [0.1, 0.15) is 27.9 Å².